The lowest BCUT2D eigenvalue weighted by atomic mass is 9.98. The topological polar surface area (TPSA) is 47.3 Å². The Hall–Kier alpha value is -0.810. The number of nitrogen functional groups attached to an aromatic ring is 1. The van der Waals surface area contributed by atoms with Gasteiger partial charge in [0.15, 0.2) is 0 Å². The van der Waals surface area contributed by atoms with Gasteiger partial charge in [-0.05, 0) is 34.8 Å². The summed E-state index contributed by atoms with van der Waals surface area (Å²) in [5.74, 6) is -0.346. The summed E-state index contributed by atoms with van der Waals surface area (Å²) in [5.41, 5.74) is 6.90. The van der Waals surface area contributed by atoms with Crippen molar-refractivity contribution in [3.8, 4) is 0 Å². The number of nitrogens with one attached hydrogen (secondary N) is 1. The Morgan fingerprint density at radius 3 is 2.79 bits per heavy atom. The maximum atomic E-state index is 13.2. The highest BCUT2D eigenvalue weighted by Crippen LogP contribution is 2.26. The molecule has 1 aromatic rings. The van der Waals surface area contributed by atoms with Crippen LogP contribution in [0.1, 0.15) is 32.1 Å². The predicted molar refractivity (Wildman–Crippen MR) is 79.8 cm³/mol. The van der Waals surface area contributed by atoms with Gasteiger partial charge in [-0.3, -0.25) is 0 Å². The van der Waals surface area contributed by atoms with E-state index in [1.54, 1.807) is 6.07 Å². The third kappa shape index (κ3) is 4.35. The van der Waals surface area contributed by atoms with Gasteiger partial charge in [-0.1, -0.05) is 19.3 Å². The molecule has 5 heteroatoms. The van der Waals surface area contributed by atoms with Gasteiger partial charge in [-0.25, -0.2) is 4.39 Å². The van der Waals surface area contributed by atoms with Crippen molar-refractivity contribution in [3.63, 3.8) is 0 Å². The van der Waals surface area contributed by atoms with E-state index >= 15 is 0 Å². The maximum absolute atomic E-state index is 13.2. The molecule has 106 valence electrons. The van der Waals surface area contributed by atoms with Crippen molar-refractivity contribution < 1.29 is 9.13 Å². The number of rotatable bonds is 5. The highest BCUT2D eigenvalue weighted by atomic mass is 79.9. The largest absolute Gasteiger partial charge is 0.397 e. The van der Waals surface area contributed by atoms with Crippen LogP contribution in [0.3, 0.4) is 0 Å². The summed E-state index contributed by atoms with van der Waals surface area (Å²) >= 11 is 3.15. The maximum Gasteiger partial charge on any atom is 0.139 e. The fourth-order valence-corrected chi connectivity index (χ4v) is 2.70. The van der Waals surface area contributed by atoms with Crippen molar-refractivity contribution in [2.75, 3.05) is 24.2 Å². The summed E-state index contributed by atoms with van der Waals surface area (Å²) in [6.45, 7) is 1.33. The Kier molecular flexibility index (Phi) is 5.45. The summed E-state index contributed by atoms with van der Waals surface area (Å²) in [7, 11) is 0. The molecule has 0 spiro atoms. The molecule has 0 heterocycles. The quantitative estimate of drug-likeness (QED) is 0.635. The van der Waals surface area contributed by atoms with E-state index in [0.717, 1.165) is 5.69 Å². The Bertz CT molecular complexity index is 422. The zero-order valence-electron chi connectivity index (χ0n) is 10.9. The van der Waals surface area contributed by atoms with E-state index in [-0.39, 0.29) is 5.82 Å². The van der Waals surface area contributed by atoms with Gasteiger partial charge in [-0.15, -0.1) is 0 Å². The standard InChI is InChI=1S/C14H20BrFN2O/c15-11-8-14(13(17)9-12(11)16)18-6-7-19-10-4-2-1-3-5-10/h8-10,18H,1-7,17H2. The van der Waals surface area contributed by atoms with Crippen LogP contribution in [0.2, 0.25) is 0 Å². The first-order chi connectivity index (χ1) is 9.16. The van der Waals surface area contributed by atoms with Gasteiger partial charge in [0, 0.05) is 12.6 Å². The van der Waals surface area contributed by atoms with Crippen molar-refractivity contribution >= 4 is 27.3 Å². The number of ether oxygens (including phenoxy) is 1. The molecule has 3 N–H and O–H groups in total. The Morgan fingerprint density at radius 1 is 1.32 bits per heavy atom. The SMILES string of the molecule is Nc1cc(F)c(Br)cc1NCCOC1CCCCC1. The summed E-state index contributed by atoms with van der Waals surface area (Å²) in [5, 5.41) is 3.17. The van der Waals surface area contributed by atoms with E-state index in [1.807, 2.05) is 0 Å². The average molecular weight is 331 g/mol. The van der Waals surface area contributed by atoms with E-state index in [1.165, 1.54) is 38.2 Å². The van der Waals surface area contributed by atoms with E-state index in [9.17, 15) is 4.39 Å². The molecule has 1 aromatic carbocycles. The summed E-state index contributed by atoms with van der Waals surface area (Å²) in [6.07, 6.45) is 6.63. The number of halogens is 2. The Morgan fingerprint density at radius 2 is 2.05 bits per heavy atom. The third-order valence-electron chi connectivity index (χ3n) is 3.42. The van der Waals surface area contributed by atoms with Crippen LogP contribution in [-0.4, -0.2) is 19.3 Å². The molecule has 0 unspecified atom stereocenters. The van der Waals surface area contributed by atoms with E-state index in [0.29, 0.717) is 29.4 Å². The number of nitrogens with two attached hydrogens (primary N) is 1. The van der Waals surface area contributed by atoms with E-state index in [2.05, 4.69) is 21.2 Å². The van der Waals surface area contributed by atoms with Gasteiger partial charge in [0.2, 0.25) is 0 Å². The molecule has 2 rings (SSSR count). The van der Waals surface area contributed by atoms with Crippen molar-refractivity contribution in [2.45, 2.75) is 38.2 Å². The van der Waals surface area contributed by atoms with Crippen LogP contribution < -0.4 is 11.1 Å². The molecule has 0 saturated heterocycles. The minimum atomic E-state index is -0.346. The van der Waals surface area contributed by atoms with Gasteiger partial charge in [-0.2, -0.15) is 0 Å². The second-order valence-corrected chi connectivity index (χ2v) is 5.77. The molecule has 1 fully saturated rings. The smallest absolute Gasteiger partial charge is 0.139 e. The summed E-state index contributed by atoms with van der Waals surface area (Å²) in [4.78, 5) is 0. The molecule has 3 nitrogen and oxygen atoms in total. The first-order valence-corrected chi connectivity index (χ1v) is 7.56. The normalized spacial score (nSPS) is 16.5. The monoisotopic (exact) mass is 330 g/mol. The van der Waals surface area contributed by atoms with Crippen LogP contribution in [0.25, 0.3) is 0 Å². The van der Waals surface area contributed by atoms with Gasteiger partial charge < -0.3 is 15.8 Å². The molecular weight excluding hydrogens is 311 g/mol. The highest BCUT2D eigenvalue weighted by Gasteiger charge is 2.13. The lowest BCUT2D eigenvalue weighted by Gasteiger charge is -2.22. The van der Waals surface area contributed by atoms with Crippen LogP contribution >= 0.6 is 15.9 Å². The first kappa shape index (κ1) is 14.6. The molecule has 1 aliphatic rings. The lowest BCUT2D eigenvalue weighted by Crippen LogP contribution is -2.20. The minimum Gasteiger partial charge on any atom is -0.397 e. The van der Waals surface area contributed by atoms with Gasteiger partial charge in [0.25, 0.3) is 0 Å². The van der Waals surface area contributed by atoms with Gasteiger partial charge in [0.05, 0.1) is 28.6 Å². The minimum absolute atomic E-state index is 0.346. The first-order valence-electron chi connectivity index (χ1n) is 6.77. The number of anilines is 2. The molecule has 1 saturated carbocycles. The molecule has 19 heavy (non-hydrogen) atoms. The van der Waals surface area contributed by atoms with Crippen LogP contribution in [0.15, 0.2) is 16.6 Å². The second-order valence-electron chi connectivity index (χ2n) is 4.91. The molecule has 0 atom stereocenters. The van der Waals surface area contributed by atoms with Crippen LogP contribution in [0.4, 0.5) is 15.8 Å². The fraction of sp³-hybridized carbons (Fsp3) is 0.571. The lowest BCUT2D eigenvalue weighted by molar-refractivity contribution is 0.0347. The van der Waals surface area contributed by atoms with Crippen LogP contribution in [0, 0.1) is 5.82 Å². The summed E-state index contributed by atoms with van der Waals surface area (Å²) in [6, 6.07) is 2.97. The Labute approximate surface area is 121 Å². The van der Waals surface area contributed by atoms with Gasteiger partial charge >= 0.3 is 0 Å². The van der Waals surface area contributed by atoms with Crippen molar-refractivity contribution in [1.29, 1.82) is 0 Å². The number of hydrogen-bond donors (Lipinski definition) is 2. The van der Waals surface area contributed by atoms with E-state index < -0.39 is 0 Å². The van der Waals surface area contributed by atoms with Crippen molar-refractivity contribution in [3.05, 3.63) is 22.4 Å². The predicted octanol–water partition coefficient (Wildman–Crippen LogP) is 3.93. The molecule has 1 aliphatic carbocycles. The molecule has 0 aliphatic heterocycles. The van der Waals surface area contributed by atoms with E-state index in [4.69, 9.17) is 10.5 Å². The van der Waals surface area contributed by atoms with Gasteiger partial charge in [0.1, 0.15) is 5.82 Å². The fourth-order valence-electron chi connectivity index (χ4n) is 2.36. The highest BCUT2D eigenvalue weighted by molar-refractivity contribution is 9.10. The summed E-state index contributed by atoms with van der Waals surface area (Å²) < 4.78 is 19.4. The zero-order chi connectivity index (χ0) is 13.7. The Balaban J connectivity index is 1.74. The molecule has 0 bridgehead atoms. The number of benzene rings is 1. The van der Waals surface area contributed by atoms with Crippen LogP contribution in [-0.2, 0) is 4.74 Å². The third-order valence-corrected chi connectivity index (χ3v) is 4.02. The zero-order valence-corrected chi connectivity index (χ0v) is 12.5. The molecular formula is C14H20BrFN2O. The van der Waals surface area contributed by atoms with Crippen molar-refractivity contribution in [1.82, 2.24) is 0 Å². The second kappa shape index (κ2) is 7.10. The van der Waals surface area contributed by atoms with Crippen LogP contribution in [0.5, 0.6) is 0 Å². The molecule has 0 radical (unpaired) electrons. The number of hydrogen-bond acceptors (Lipinski definition) is 3. The average Bonchev–Trinajstić information content (AvgIpc) is 2.41. The molecule has 0 amide bonds. The molecule has 0 aromatic heterocycles. The van der Waals surface area contributed by atoms with Crippen molar-refractivity contribution in [2.24, 2.45) is 0 Å².